The van der Waals surface area contributed by atoms with Crippen molar-refractivity contribution in [3.63, 3.8) is 0 Å². The predicted octanol–water partition coefficient (Wildman–Crippen LogP) is 5.29. The van der Waals surface area contributed by atoms with Crippen LogP contribution in [0.4, 0.5) is 22.7 Å². The lowest BCUT2D eigenvalue weighted by atomic mass is 10.0. The van der Waals surface area contributed by atoms with Crippen molar-refractivity contribution in [3.05, 3.63) is 110 Å². The number of aromatic nitrogens is 1. The van der Waals surface area contributed by atoms with E-state index in [1.54, 1.807) is 41.0 Å². The van der Waals surface area contributed by atoms with Gasteiger partial charge in [-0.1, -0.05) is 18.2 Å². The van der Waals surface area contributed by atoms with Crippen LogP contribution in [0.5, 0.6) is 5.75 Å². The van der Waals surface area contributed by atoms with Crippen molar-refractivity contribution in [1.82, 2.24) is 4.57 Å². The van der Waals surface area contributed by atoms with E-state index in [-0.39, 0.29) is 22.9 Å². The quantitative estimate of drug-likeness (QED) is 0.277. The Hall–Kier alpha value is -4.92. The summed E-state index contributed by atoms with van der Waals surface area (Å²) in [5, 5.41) is 17.5. The first kappa shape index (κ1) is 23.8. The molecule has 0 atom stereocenters. The van der Waals surface area contributed by atoms with Crippen molar-refractivity contribution in [2.24, 2.45) is 0 Å². The van der Waals surface area contributed by atoms with Crippen LogP contribution >= 0.6 is 0 Å². The molecule has 3 aromatic carbocycles. The number of pyridine rings is 1. The number of carbonyl (C=O) groups is 1. The Morgan fingerprint density at radius 3 is 2.46 bits per heavy atom. The number of nitrogens with one attached hydrogen (secondary N) is 2. The van der Waals surface area contributed by atoms with Crippen LogP contribution in [-0.2, 0) is 13.0 Å². The SMILES string of the molecule is COc1cc(-c2ccc3c(c2)Nc2ccc(CCn4cc(C)ccc4=O)cc2NC3=O)ccc1[N+](=O)[O-]. The van der Waals surface area contributed by atoms with Gasteiger partial charge in [0.15, 0.2) is 5.75 Å². The van der Waals surface area contributed by atoms with Crippen molar-refractivity contribution >= 4 is 28.7 Å². The van der Waals surface area contributed by atoms with Crippen LogP contribution in [0, 0.1) is 17.0 Å². The summed E-state index contributed by atoms with van der Waals surface area (Å²) in [5.41, 5.74) is 5.81. The molecule has 0 saturated carbocycles. The van der Waals surface area contributed by atoms with Crippen LogP contribution in [0.15, 0.2) is 77.7 Å². The Balaban J connectivity index is 1.42. The van der Waals surface area contributed by atoms with Gasteiger partial charge in [0.05, 0.1) is 34.7 Å². The molecular formula is C28H24N4O5. The maximum absolute atomic E-state index is 13.0. The van der Waals surface area contributed by atoms with Gasteiger partial charge in [-0.3, -0.25) is 19.7 Å². The minimum atomic E-state index is -0.490. The summed E-state index contributed by atoms with van der Waals surface area (Å²) in [6.45, 7) is 2.48. The fourth-order valence-electron chi connectivity index (χ4n) is 4.40. The van der Waals surface area contributed by atoms with Gasteiger partial charge in [-0.15, -0.1) is 0 Å². The Morgan fingerprint density at radius 2 is 1.68 bits per heavy atom. The van der Waals surface area contributed by atoms with Crippen LogP contribution in [0.3, 0.4) is 0 Å². The molecule has 2 N–H and O–H groups in total. The summed E-state index contributed by atoms with van der Waals surface area (Å²) in [6.07, 6.45) is 2.47. The van der Waals surface area contributed by atoms with Crippen LogP contribution in [-0.4, -0.2) is 22.5 Å². The fraction of sp³-hybridized carbons (Fsp3) is 0.143. The van der Waals surface area contributed by atoms with Gasteiger partial charge in [-0.25, -0.2) is 0 Å². The number of aryl methyl sites for hydroxylation is 3. The normalized spacial score (nSPS) is 12.0. The summed E-state index contributed by atoms with van der Waals surface area (Å²) in [5.74, 6) is -0.0879. The minimum absolute atomic E-state index is 0.0489. The molecule has 0 spiro atoms. The van der Waals surface area contributed by atoms with E-state index in [1.165, 1.54) is 13.2 Å². The lowest BCUT2D eigenvalue weighted by molar-refractivity contribution is -0.385. The topological polar surface area (TPSA) is 116 Å². The summed E-state index contributed by atoms with van der Waals surface area (Å²) in [4.78, 5) is 35.9. The first-order chi connectivity index (χ1) is 17.8. The number of fused-ring (bicyclic) bond motifs is 2. The van der Waals surface area contributed by atoms with Gasteiger partial charge in [0, 0.05) is 24.9 Å². The number of nitro groups is 1. The fourth-order valence-corrected chi connectivity index (χ4v) is 4.40. The summed E-state index contributed by atoms with van der Waals surface area (Å²) in [6, 6.07) is 19.2. The molecule has 5 rings (SSSR count). The zero-order chi connectivity index (χ0) is 26.1. The number of benzene rings is 3. The third kappa shape index (κ3) is 4.79. The third-order valence-corrected chi connectivity index (χ3v) is 6.35. The number of anilines is 3. The van der Waals surface area contributed by atoms with Gasteiger partial charge < -0.3 is 19.9 Å². The number of hydrogen-bond donors (Lipinski definition) is 2. The minimum Gasteiger partial charge on any atom is -0.490 e. The molecule has 0 radical (unpaired) electrons. The molecule has 9 nitrogen and oxygen atoms in total. The molecule has 9 heteroatoms. The third-order valence-electron chi connectivity index (χ3n) is 6.35. The molecule has 4 aromatic rings. The lowest BCUT2D eigenvalue weighted by Gasteiger charge is -2.12. The predicted molar refractivity (Wildman–Crippen MR) is 142 cm³/mol. The Morgan fingerprint density at radius 1 is 0.892 bits per heavy atom. The first-order valence-electron chi connectivity index (χ1n) is 11.7. The molecule has 186 valence electrons. The van der Waals surface area contributed by atoms with E-state index in [2.05, 4.69) is 10.6 Å². The highest BCUT2D eigenvalue weighted by atomic mass is 16.6. The van der Waals surface area contributed by atoms with Gasteiger partial charge >= 0.3 is 5.69 Å². The highest BCUT2D eigenvalue weighted by Crippen LogP contribution is 2.37. The maximum Gasteiger partial charge on any atom is 0.310 e. The number of rotatable bonds is 6. The van der Waals surface area contributed by atoms with E-state index in [0.717, 1.165) is 27.9 Å². The van der Waals surface area contributed by atoms with Crippen molar-refractivity contribution in [2.75, 3.05) is 17.7 Å². The number of hydrogen-bond acceptors (Lipinski definition) is 6. The van der Waals surface area contributed by atoms with Crippen LogP contribution in [0.1, 0.15) is 21.5 Å². The van der Waals surface area contributed by atoms with Crippen molar-refractivity contribution in [2.45, 2.75) is 19.9 Å². The average molecular weight is 497 g/mol. The Labute approximate surface area is 212 Å². The monoisotopic (exact) mass is 496 g/mol. The second kappa shape index (κ2) is 9.62. The van der Waals surface area contributed by atoms with Crippen molar-refractivity contribution < 1.29 is 14.5 Å². The van der Waals surface area contributed by atoms with Gasteiger partial charge in [0.1, 0.15) is 0 Å². The van der Waals surface area contributed by atoms with E-state index in [4.69, 9.17) is 4.74 Å². The van der Waals surface area contributed by atoms with Gasteiger partial charge in [0.2, 0.25) is 0 Å². The summed E-state index contributed by atoms with van der Waals surface area (Å²) >= 11 is 0. The highest BCUT2D eigenvalue weighted by Gasteiger charge is 2.21. The number of nitrogens with zero attached hydrogens (tertiary/aromatic N) is 2. The standard InChI is InChI=1S/C28H24N4O5/c1-17-3-10-27(33)31(16-17)12-11-18-4-8-22-24(13-18)30-28(34)21-7-5-19(14-23(21)29-22)20-6-9-25(32(35)36)26(15-20)37-2/h3-10,13-16,29H,11-12H2,1-2H3,(H,30,34). The first-order valence-corrected chi connectivity index (χ1v) is 11.7. The van der Waals surface area contributed by atoms with Gasteiger partial charge in [0.25, 0.3) is 11.5 Å². The molecule has 1 aliphatic rings. The lowest BCUT2D eigenvalue weighted by Crippen LogP contribution is -2.19. The van der Waals surface area contributed by atoms with E-state index < -0.39 is 4.92 Å². The molecule has 0 saturated heterocycles. The number of methoxy groups -OCH3 is 1. The highest BCUT2D eigenvalue weighted by molar-refractivity contribution is 6.12. The van der Waals surface area contributed by atoms with E-state index in [1.807, 2.05) is 37.4 Å². The molecule has 2 heterocycles. The second-order valence-corrected chi connectivity index (χ2v) is 8.85. The number of nitro benzene ring substituents is 1. The number of carbonyl (C=O) groups excluding carboxylic acids is 1. The van der Waals surface area contributed by atoms with E-state index >= 15 is 0 Å². The Bertz CT molecular complexity index is 1610. The molecule has 37 heavy (non-hydrogen) atoms. The smallest absolute Gasteiger partial charge is 0.310 e. The Kier molecular flexibility index (Phi) is 6.19. The van der Waals surface area contributed by atoms with Crippen molar-refractivity contribution in [3.8, 4) is 16.9 Å². The molecule has 0 unspecified atom stereocenters. The van der Waals surface area contributed by atoms with Gasteiger partial charge in [-0.05, 0) is 72.0 Å². The summed E-state index contributed by atoms with van der Waals surface area (Å²) < 4.78 is 6.88. The van der Waals surface area contributed by atoms with Crippen molar-refractivity contribution in [1.29, 1.82) is 0 Å². The zero-order valence-corrected chi connectivity index (χ0v) is 20.3. The molecule has 0 bridgehead atoms. The molecule has 1 amide bonds. The molecule has 0 aliphatic carbocycles. The molecular weight excluding hydrogens is 472 g/mol. The molecule has 1 aromatic heterocycles. The summed E-state index contributed by atoms with van der Waals surface area (Å²) in [7, 11) is 1.39. The van der Waals surface area contributed by atoms with Crippen LogP contribution < -0.4 is 20.9 Å². The number of amides is 1. The van der Waals surface area contributed by atoms with Crippen LogP contribution in [0.2, 0.25) is 0 Å². The average Bonchev–Trinajstić information content (AvgIpc) is 3.03. The molecule has 1 aliphatic heterocycles. The largest absolute Gasteiger partial charge is 0.490 e. The second-order valence-electron chi connectivity index (χ2n) is 8.85. The maximum atomic E-state index is 13.0. The van der Waals surface area contributed by atoms with Crippen LogP contribution in [0.25, 0.3) is 11.1 Å². The number of ether oxygens (including phenoxy) is 1. The van der Waals surface area contributed by atoms with E-state index in [0.29, 0.717) is 29.9 Å². The van der Waals surface area contributed by atoms with E-state index in [9.17, 15) is 19.7 Å². The molecule has 0 fully saturated rings. The van der Waals surface area contributed by atoms with Gasteiger partial charge in [-0.2, -0.15) is 0 Å². The zero-order valence-electron chi connectivity index (χ0n) is 20.3.